The van der Waals surface area contributed by atoms with Crippen molar-refractivity contribution in [1.82, 2.24) is 21.1 Å². The van der Waals surface area contributed by atoms with Crippen LogP contribution in [-0.2, 0) is 4.74 Å². The lowest BCUT2D eigenvalue weighted by molar-refractivity contribution is 0.0303. The zero-order chi connectivity index (χ0) is 18.5. The summed E-state index contributed by atoms with van der Waals surface area (Å²) in [5.41, 5.74) is 7.63. The number of morpholine rings is 1. The van der Waals surface area contributed by atoms with Crippen molar-refractivity contribution in [1.29, 1.82) is 0 Å². The summed E-state index contributed by atoms with van der Waals surface area (Å²) >= 11 is 0. The van der Waals surface area contributed by atoms with Gasteiger partial charge in [0.1, 0.15) is 0 Å². The maximum absolute atomic E-state index is 12.4. The van der Waals surface area contributed by atoms with E-state index in [0.29, 0.717) is 62.0 Å². The van der Waals surface area contributed by atoms with Crippen molar-refractivity contribution >= 4 is 11.8 Å². The number of ether oxygens (including phenoxy) is 1. The molecule has 2 heterocycles. The van der Waals surface area contributed by atoms with Crippen molar-refractivity contribution < 1.29 is 14.3 Å². The van der Waals surface area contributed by atoms with E-state index in [1.54, 1.807) is 29.2 Å². The normalized spacial score (nSPS) is 25.9. The maximum Gasteiger partial charge on any atom is 0.254 e. The molecule has 1 aromatic rings. The molecule has 2 amide bonds. The first kappa shape index (κ1) is 18.8. The van der Waals surface area contributed by atoms with Crippen molar-refractivity contribution in [3.63, 3.8) is 0 Å². The second-order valence-electron chi connectivity index (χ2n) is 7.06. The average Bonchev–Trinajstić information content (AvgIpc) is 3.00. The summed E-state index contributed by atoms with van der Waals surface area (Å²) in [5.74, 6) is 0.378. The zero-order valence-corrected chi connectivity index (χ0v) is 15.5. The molecule has 7 nitrogen and oxygen atoms in total. The van der Waals surface area contributed by atoms with Gasteiger partial charge in [-0.2, -0.15) is 0 Å². The molecule has 0 bridgehead atoms. The molecule has 0 aliphatic carbocycles. The highest BCUT2D eigenvalue weighted by atomic mass is 16.5. The third-order valence-electron chi connectivity index (χ3n) is 5.28. The molecule has 2 atom stereocenters. The van der Waals surface area contributed by atoms with Crippen LogP contribution >= 0.6 is 0 Å². The van der Waals surface area contributed by atoms with Gasteiger partial charge in [-0.15, -0.1) is 0 Å². The highest BCUT2D eigenvalue weighted by molar-refractivity contribution is 5.97. The number of amides is 2. The van der Waals surface area contributed by atoms with Gasteiger partial charge in [-0.1, -0.05) is 0 Å². The van der Waals surface area contributed by atoms with E-state index in [1.165, 1.54) is 0 Å². The number of hydrazine groups is 1. The van der Waals surface area contributed by atoms with Crippen LogP contribution in [0.4, 0.5) is 0 Å². The van der Waals surface area contributed by atoms with Crippen LogP contribution in [0.1, 0.15) is 41.0 Å². The Hall–Kier alpha value is -1.96. The Bertz CT molecular complexity index is 618. The van der Waals surface area contributed by atoms with Crippen LogP contribution in [0.25, 0.3) is 0 Å². The second-order valence-corrected chi connectivity index (χ2v) is 7.06. The summed E-state index contributed by atoms with van der Waals surface area (Å²) in [7, 11) is 0. The van der Waals surface area contributed by atoms with Gasteiger partial charge in [0, 0.05) is 42.8 Å². The van der Waals surface area contributed by atoms with Crippen molar-refractivity contribution in [2.24, 2.45) is 5.92 Å². The Kier molecular flexibility index (Phi) is 6.24. The standard InChI is InChI=1S/C19H28N4O3/c1-13-17(14(2)22-21-13)7-8-20-18(24)15-3-5-16(6-4-15)19(25)23-9-11-26-12-10-23/h3-6,13-14,17,21-22H,7-12H2,1-2H3,(H,20,24). The Morgan fingerprint density at radius 3 is 2.27 bits per heavy atom. The van der Waals surface area contributed by atoms with E-state index >= 15 is 0 Å². The summed E-state index contributed by atoms with van der Waals surface area (Å²) in [5, 5.41) is 2.97. The first-order valence-electron chi connectivity index (χ1n) is 9.32. The van der Waals surface area contributed by atoms with Gasteiger partial charge in [0.25, 0.3) is 11.8 Å². The monoisotopic (exact) mass is 360 g/mol. The molecular formula is C19H28N4O3. The molecule has 2 aliphatic rings. The Morgan fingerprint density at radius 2 is 1.65 bits per heavy atom. The van der Waals surface area contributed by atoms with Crippen molar-refractivity contribution in [2.45, 2.75) is 32.4 Å². The zero-order valence-electron chi connectivity index (χ0n) is 15.5. The van der Waals surface area contributed by atoms with Gasteiger partial charge in [0.15, 0.2) is 0 Å². The van der Waals surface area contributed by atoms with E-state index in [9.17, 15) is 9.59 Å². The highest BCUT2D eigenvalue weighted by Crippen LogP contribution is 2.17. The Labute approximate surface area is 154 Å². The molecule has 26 heavy (non-hydrogen) atoms. The van der Waals surface area contributed by atoms with Crippen LogP contribution in [0.2, 0.25) is 0 Å². The molecule has 2 unspecified atom stereocenters. The molecule has 0 aromatic heterocycles. The smallest absolute Gasteiger partial charge is 0.254 e. The van der Waals surface area contributed by atoms with Gasteiger partial charge < -0.3 is 15.0 Å². The molecular weight excluding hydrogens is 332 g/mol. The molecule has 2 aliphatic heterocycles. The molecule has 0 radical (unpaired) electrons. The number of hydrogen-bond donors (Lipinski definition) is 3. The van der Waals surface area contributed by atoms with Crippen LogP contribution in [0, 0.1) is 5.92 Å². The number of carbonyl (C=O) groups excluding carboxylic acids is 2. The molecule has 2 saturated heterocycles. The minimum absolute atomic E-state index is 0.00975. The predicted molar refractivity (Wildman–Crippen MR) is 98.8 cm³/mol. The predicted octanol–water partition coefficient (Wildman–Crippen LogP) is 0.780. The average molecular weight is 360 g/mol. The SMILES string of the molecule is CC1NNC(C)C1CCNC(=O)c1ccc(C(=O)N2CCOCC2)cc1. The van der Waals surface area contributed by atoms with Gasteiger partial charge in [-0.05, 0) is 50.5 Å². The van der Waals surface area contributed by atoms with Gasteiger partial charge in [-0.3, -0.25) is 20.4 Å². The molecule has 142 valence electrons. The topological polar surface area (TPSA) is 82.7 Å². The van der Waals surface area contributed by atoms with Crippen molar-refractivity contribution in [3.05, 3.63) is 35.4 Å². The first-order valence-corrected chi connectivity index (χ1v) is 9.32. The molecule has 1 aromatic carbocycles. The number of nitrogens with one attached hydrogen (secondary N) is 3. The van der Waals surface area contributed by atoms with E-state index in [1.807, 2.05) is 0 Å². The second kappa shape index (κ2) is 8.62. The quantitative estimate of drug-likeness (QED) is 0.723. The molecule has 0 saturated carbocycles. The van der Waals surface area contributed by atoms with Crippen LogP contribution in [0.3, 0.4) is 0 Å². The fourth-order valence-corrected chi connectivity index (χ4v) is 3.58. The number of rotatable bonds is 5. The molecule has 3 N–H and O–H groups in total. The Morgan fingerprint density at radius 1 is 1.08 bits per heavy atom. The number of benzene rings is 1. The third kappa shape index (κ3) is 4.41. The lowest BCUT2D eigenvalue weighted by Gasteiger charge is -2.26. The van der Waals surface area contributed by atoms with E-state index in [-0.39, 0.29) is 11.8 Å². The van der Waals surface area contributed by atoms with E-state index in [4.69, 9.17) is 4.74 Å². The summed E-state index contributed by atoms with van der Waals surface area (Å²) in [6.45, 7) is 7.31. The van der Waals surface area contributed by atoms with Gasteiger partial charge in [-0.25, -0.2) is 0 Å². The number of carbonyl (C=O) groups is 2. The molecule has 3 rings (SSSR count). The number of nitrogens with zero attached hydrogens (tertiary/aromatic N) is 1. The summed E-state index contributed by atoms with van der Waals surface area (Å²) in [4.78, 5) is 26.5. The Balaban J connectivity index is 1.49. The number of hydrogen-bond acceptors (Lipinski definition) is 5. The van der Waals surface area contributed by atoms with Crippen LogP contribution in [0.5, 0.6) is 0 Å². The lowest BCUT2D eigenvalue weighted by atomic mass is 9.93. The minimum atomic E-state index is -0.102. The summed E-state index contributed by atoms with van der Waals surface area (Å²) in [6, 6.07) is 7.67. The van der Waals surface area contributed by atoms with Crippen molar-refractivity contribution in [3.8, 4) is 0 Å². The fourth-order valence-electron chi connectivity index (χ4n) is 3.58. The summed E-state index contributed by atoms with van der Waals surface area (Å²) in [6.07, 6.45) is 0.918. The summed E-state index contributed by atoms with van der Waals surface area (Å²) < 4.78 is 5.27. The van der Waals surface area contributed by atoms with Gasteiger partial charge in [0.2, 0.25) is 0 Å². The highest BCUT2D eigenvalue weighted by Gasteiger charge is 2.29. The van der Waals surface area contributed by atoms with Gasteiger partial charge in [0.05, 0.1) is 13.2 Å². The molecule has 0 spiro atoms. The first-order chi connectivity index (χ1) is 12.6. The van der Waals surface area contributed by atoms with Gasteiger partial charge >= 0.3 is 0 Å². The van der Waals surface area contributed by atoms with Crippen LogP contribution < -0.4 is 16.2 Å². The molecule has 7 heteroatoms. The van der Waals surface area contributed by atoms with E-state index in [2.05, 4.69) is 30.0 Å². The molecule has 2 fully saturated rings. The largest absolute Gasteiger partial charge is 0.378 e. The van der Waals surface area contributed by atoms with Crippen LogP contribution in [0.15, 0.2) is 24.3 Å². The minimum Gasteiger partial charge on any atom is -0.378 e. The van der Waals surface area contributed by atoms with Crippen LogP contribution in [-0.4, -0.2) is 61.6 Å². The fraction of sp³-hybridized carbons (Fsp3) is 0.579. The lowest BCUT2D eigenvalue weighted by Crippen LogP contribution is -2.40. The van der Waals surface area contributed by atoms with E-state index < -0.39 is 0 Å². The van der Waals surface area contributed by atoms with E-state index in [0.717, 1.165) is 6.42 Å². The third-order valence-corrected chi connectivity index (χ3v) is 5.28. The maximum atomic E-state index is 12.4. The van der Waals surface area contributed by atoms with Crippen molar-refractivity contribution in [2.75, 3.05) is 32.8 Å².